The van der Waals surface area contributed by atoms with Gasteiger partial charge in [0.2, 0.25) is 0 Å². The summed E-state index contributed by atoms with van der Waals surface area (Å²) < 4.78 is 20.9. The van der Waals surface area contributed by atoms with E-state index in [4.69, 9.17) is 0 Å². The Hall–Kier alpha value is -13.7. The molecule has 0 N–H and O–H groups in total. The van der Waals surface area contributed by atoms with Crippen molar-refractivity contribution in [1.82, 2.24) is 9.13 Å². The van der Waals surface area contributed by atoms with Crippen LogP contribution in [0.4, 0.5) is 34.1 Å². The van der Waals surface area contributed by atoms with Crippen molar-refractivity contribution in [2.75, 3.05) is 28.3 Å². The highest BCUT2D eigenvalue weighted by Crippen LogP contribution is 2.41. The molecule has 16 aromatic carbocycles. The van der Waals surface area contributed by atoms with Gasteiger partial charge in [-0.3, -0.25) is 0 Å². The van der Waals surface area contributed by atoms with Crippen LogP contribution in [0.25, 0.3) is 66.1 Å². The van der Waals surface area contributed by atoms with Gasteiger partial charge in [-0.2, -0.15) is 0 Å². The highest BCUT2D eigenvalue weighted by atomic mass is 15.3. The number of fused-ring (bicyclic) bond motifs is 6. The summed E-state index contributed by atoms with van der Waals surface area (Å²) in [6.45, 7) is -1.99. The first kappa shape index (κ1) is 65.8. The molecule has 2 aliphatic rings. The van der Waals surface area contributed by atoms with Crippen LogP contribution in [-0.4, -0.2) is 51.0 Å². The van der Waals surface area contributed by atoms with Gasteiger partial charge in [0.05, 0.1) is 22.1 Å². The number of aromatic nitrogens is 2. The molecule has 20 rings (SSSR count). The van der Waals surface area contributed by atoms with Gasteiger partial charge < -0.3 is 37.5 Å². The standard InChI is InChI=1S/C96H72B6N8/c1-9-35-75(36-10-1)97-105(81-46-19-6-20-47-81)99(77-39-13-3-14-40-77)109(102(107(97)83-50-23-8-24-51-83)80-45-33-52-86(71-80)103-93-59-29-25-55-89(93)90-56-26-30-60-94(90)103)85-69-65-74(66-70-85)73-63-67-84(68-64-73)108-98(76-37-11-2-12-38-76)106(82-48-21-7-22-49-82)100(78-41-15-4-16-42-78)110(101(108)79-43-17-5-18-44-79)88-54-34-53-87(72-88)104-95-61-31-27-57-91(95)92-58-28-32-62-96(92)104/h1-72H. The highest BCUT2D eigenvalue weighted by Gasteiger charge is 2.58. The molecular weight excluding hydrogens is 1330 g/mol. The van der Waals surface area contributed by atoms with Gasteiger partial charge in [-0.05, 0) is 159 Å². The van der Waals surface area contributed by atoms with Crippen LogP contribution in [0.3, 0.4) is 0 Å². The third kappa shape index (κ3) is 11.6. The Morgan fingerprint density at radius 2 is 0.336 bits per heavy atom. The first-order valence-electron chi connectivity index (χ1n) is 38.1. The van der Waals surface area contributed by atoms with Crippen LogP contribution in [0.2, 0.25) is 0 Å². The van der Waals surface area contributed by atoms with E-state index in [1.165, 1.54) is 70.9 Å². The first-order chi connectivity index (χ1) is 54.7. The summed E-state index contributed by atoms with van der Waals surface area (Å²) in [5.41, 5.74) is 22.6. The Balaban J connectivity index is 0.766. The zero-order chi connectivity index (χ0) is 72.9. The molecule has 0 aliphatic carbocycles. The predicted octanol–water partition coefficient (Wildman–Crippen LogP) is 17.6. The maximum Gasteiger partial charge on any atom is 0.389 e. The minimum absolute atomic E-state index is 0.294. The summed E-state index contributed by atoms with van der Waals surface area (Å²) >= 11 is 0. The molecule has 2 saturated heterocycles. The van der Waals surface area contributed by atoms with Crippen LogP contribution < -0.4 is 61.1 Å². The van der Waals surface area contributed by atoms with Gasteiger partial charge in [-0.1, -0.05) is 322 Å². The third-order valence-electron chi connectivity index (χ3n) is 22.5. The van der Waals surface area contributed by atoms with Crippen LogP contribution >= 0.6 is 0 Å². The summed E-state index contributed by atoms with van der Waals surface area (Å²) in [5, 5.41) is 4.91. The molecule has 0 radical (unpaired) electrons. The number of anilines is 6. The molecule has 2 aliphatic heterocycles. The molecular formula is C96H72B6N8. The zero-order valence-corrected chi connectivity index (χ0v) is 60.6. The quantitative estimate of drug-likeness (QED) is 0.0951. The van der Waals surface area contributed by atoms with E-state index >= 15 is 0 Å². The maximum absolute atomic E-state index is 2.68. The molecule has 2 aromatic heterocycles. The Bertz CT molecular complexity index is 6150. The molecule has 0 amide bonds. The largest absolute Gasteiger partial charge is 0.416 e. The van der Waals surface area contributed by atoms with Crippen LogP contribution in [0.5, 0.6) is 0 Å². The first-order valence-corrected chi connectivity index (χ1v) is 38.1. The minimum atomic E-state index is -0.377. The lowest BCUT2D eigenvalue weighted by Crippen LogP contribution is -2.86. The van der Waals surface area contributed by atoms with E-state index < -0.39 is 0 Å². The van der Waals surface area contributed by atoms with Gasteiger partial charge in [-0.15, -0.1) is 0 Å². The monoisotopic (exact) mass is 1400 g/mol. The average Bonchev–Trinajstić information content (AvgIpc) is 0.979. The van der Waals surface area contributed by atoms with Crippen molar-refractivity contribution in [3.8, 4) is 22.5 Å². The molecule has 0 spiro atoms. The van der Waals surface area contributed by atoms with Gasteiger partial charge >= 0.3 is 41.9 Å². The lowest BCUT2D eigenvalue weighted by Gasteiger charge is -2.57. The summed E-state index contributed by atoms with van der Waals surface area (Å²) in [6, 6.07) is 162. The van der Waals surface area contributed by atoms with Gasteiger partial charge in [0.15, 0.2) is 0 Å². The average molecular weight is 1400 g/mol. The number of rotatable bonds is 15. The Kier molecular flexibility index (Phi) is 17.1. The number of nitrogens with zero attached hydrogens (tertiary/aromatic N) is 8. The van der Waals surface area contributed by atoms with E-state index in [9.17, 15) is 0 Å². The van der Waals surface area contributed by atoms with Gasteiger partial charge in [0.1, 0.15) is 0 Å². The van der Waals surface area contributed by atoms with Crippen LogP contribution in [0, 0.1) is 0 Å². The molecule has 514 valence electrons. The topological polar surface area (TPSA) is 29.3 Å². The molecule has 0 atom stereocenters. The van der Waals surface area contributed by atoms with E-state index in [0.717, 1.165) is 62.1 Å². The molecule has 2 fully saturated rings. The van der Waals surface area contributed by atoms with E-state index in [2.05, 4.69) is 474 Å². The Morgan fingerprint density at radius 3 is 0.636 bits per heavy atom. The van der Waals surface area contributed by atoms with Crippen molar-refractivity contribution in [2.45, 2.75) is 0 Å². The molecule has 0 saturated carbocycles. The van der Waals surface area contributed by atoms with Crippen molar-refractivity contribution < 1.29 is 0 Å². The molecule has 4 heterocycles. The van der Waals surface area contributed by atoms with E-state index in [1.807, 2.05) is 0 Å². The molecule has 0 unspecified atom stereocenters. The highest BCUT2D eigenvalue weighted by molar-refractivity contribution is 7.16. The third-order valence-corrected chi connectivity index (χ3v) is 22.5. The van der Waals surface area contributed by atoms with Crippen molar-refractivity contribution in [3.05, 3.63) is 437 Å². The second-order valence-corrected chi connectivity index (χ2v) is 28.7. The molecule has 18 aromatic rings. The second kappa shape index (κ2) is 28.6. The number of benzene rings is 16. The summed E-state index contributed by atoms with van der Waals surface area (Å²) in [6.07, 6.45) is 0. The zero-order valence-electron chi connectivity index (χ0n) is 60.6. The van der Waals surface area contributed by atoms with Gasteiger partial charge in [0.25, 0.3) is 0 Å². The molecule has 14 heteroatoms. The molecule has 110 heavy (non-hydrogen) atoms. The Morgan fingerprint density at radius 1 is 0.136 bits per heavy atom. The van der Waals surface area contributed by atoms with Crippen LogP contribution in [-0.2, 0) is 0 Å². The van der Waals surface area contributed by atoms with Gasteiger partial charge in [-0.25, -0.2) is 0 Å². The number of hydrogen-bond acceptors (Lipinski definition) is 6. The fraction of sp³-hybridized carbons (Fsp3) is 0. The normalized spacial score (nSPS) is 13.4. The van der Waals surface area contributed by atoms with Crippen molar-refractivity contribution in [1.29, 1.82) is 0 Å². The smallest absolute Gasteiger partial charge is 0.389 e. The maximum atomic E-state index is 2.68. The van der Waals surface area contributed by atoms with Crippen LogP contribution in [0.1, 0.15) is 0 Å². The number of para-hydroxylation sites is 7. The fourth-order valence-electron chi connectivity index (χ4n) is 17.8. The van der Waals surface area contributed by atoms with Crippen molar-refractivity contribution in [2.24, 2.45) is 0 Å². The molecule has 8 nitrogen and oxygen atoms in total. The molecule has 0 bridgehead atoms. The summed E-state index contributed by atoms with van der Waals surface area (Å²) in [4.78, 5) is 0. The van der Waals surface area contributed by atoms with E-state index in [0.29, 0.717) is 0 Å². The van der Waals surface area contributed by atoms with E-state index in [-0.39, 0.29) is 41.9 Å². The minimum Gasteiger partial charge on any atom is -0.416 e. The summed E-state index contributed by atoms with van der Waals surface area (Å²) in [7, 11) is 0. The Labute approximate surface area is 644 Å². The second-order valence-electron chi connectivity index (χ2n) is 28.7. The van der Waals surface area contributed by atoms with Crippen LogP contribution in [0.15, 0.2) is 437 Å². The fourth-order valence-corrected chi connectivity index (χ4v) is 17.8. The van der Waals surface area contributed by atoms with Gasteiger partial charge in [0, 0.05) is 67.0 Å². The SMILES string of the molecule is c1ccc(B2N(c3ccccc3)B(c3ccccc3)N(c3ccc(-c4ccc(N5B(c6ccccc6)N(c6ccccc6)B(c6ccccc6)N(c6cccc(-n7c8ccccc8c8ccccc87)c6)B5c5ccccc5)cc4)cc3)B(c3cccc(-n4c5ccccc5c5ccccc54)c3)N2c2ccccc2)cc1. The summed E-state index contributed by atoms with van der Waals surface area (Å²) in [5.74, 6) is 0. The lowest BCUT2D eigenvalue weighted by atomic mass is 9.37. The van der Waals surface area contributed by atoms with E-state index in [1.54, 1.807) is 0 Å². The van der Waals surface area contributed by atoms with Crippen molar-refractivity contribution >= 4 is 152 Å². The predicted molar refractivity (Wildman–Crippen MR) is 472 cm³/mol. The van der Waals surface area contributed by atoms with Crippen molar-refractivity contribution in [3.63, 3.8) is 0 Å². The number of hydrogen-bond donors (Lipinski definition) is 0. The lowest BCUT2D eigenvalue weighted by molar-refractivity contribution is 1.18.